The Labute approximate surface area is 290 Å². The number of hydrogen-bond donors (Lipinski definition) is 2. The maximum absolute atomic E-state index is 13.1. The summed E-state index contributed by atoms with van der Waals surface area (Å²) in [6.07, 6.45) is 15.7. The Morgan fingerprint density at radius 3 is 2.12 bits per heavy atom. The molecule has 0 radical (unpaired) electrons. The number of carbonyl (C=O) groups is 2. The van der Waals surface area contributed by atoms with Crippen LogP contribution < -0.4 is 14.9 Å². The van der Waals surface area contributed by atoms with Crippen LogP contribution in [0.2, 0.25) is 0 Å². The van der Waals surface area contributed by atoms with E-state index in [1.165, 1.54) is 62.7 Å². The van der Waals surface area contributed by atoms with Crippen LogP contribution in [0.1, 0.15) is 99.2 Å². The van der Waals surface area contributed by atoms with E-state index in [1.54, 1.807) is 6.07 Å². The van der Waals surface area contributed by atoms with Gasteiger partial charge in [-0.3, -0.25) is 14.3 Å². The van der Waals surface area contributed by atoms with Crippen molar-refractivity contribution < 1.29 is 18.0 Å². The fraction of sp³-hybridized carbons (Fsp3) is 0.568. The summed E-state index contributed by atoms with van der Waals surface area (Å²) in [5.74, 6) is 2.08. The molecular formula is C37H51N5O4S2. The number of nitrogens with zero attached hydrogens (tertiary/aromatic N) is 3. The number of anilines is 1. The lowest BCUT2D eigenvalue weighted by Gasteiger charge is -2.39. The number of hydrogen-bond acceptors (Lipinski definition) is 8. The third kappa shape index (κ3) is 9.65. The number of aromatic nitrogens is 2. The summed E-state index contributed by atoms with van der Waals surface area (Å²) in [5, 5.41) is 2.75. The van der Waals surface area contributed by atoms with Crippen molar-refractivity contribution in [2.45, 2.75) is 96.9 Å². The largest absolute Gasteiger partial charge is 0.369 e. The number of nitrogens with one attached hydrogen (secondary N) is 2. The van der Waals surface area contributed by atoms with Gasteiger partial charge in [-0.2, -0.15) is 0 Å². The molecule has 3 aromatic rings. The second kappa shape index (κ2) is 15.5. The lowest BCUT2D eigenvalue weighted by molar-refractivity contribution is -0.121. The molecule has 2 fully saturated rings. The Morgan fingerprint density at radius 1 is 0.938 bits per heavy atom. The van der Waals surface area contributed by atoms with Crippen molar-refractivity contribution in [3.8, 4) is 11.4 Å². The molecule has 3 heterocycles. The first-order valence-corrected chi connectivity index (χ1v) is 20.1. The minimum Gasteiger partial charge on any atom is -0.369 e. The van der Waals surface area contributed by atoms with Crippen molar-refractivity contribution in [1.82, 2.24) is 20.0 Å². The Morgan fingerprint density at radius 2 is 1.56 bits per heavy atom. The molecular weight excluding hydrogens is 643 g/mol. The first kappa shape index (κ1) is 36.0. The van der Waals surface area contributed by atoms with E-state index < -0.39 is 27.9 Å². The summed E-state index contributed by atoms with van der Waals surface area (Å²) < 4.78 is 25.7. The van der Waals surface area contributed by atoms with Crippen LogP contribution in [-0.4, -0.2) is 55.6 Å². The van der Waals surface area contributed by atoms with Crippen LogP contribution in [0.4, 0.5) is 5.69 Å². The van der Waals surface area contributed by atoms with Crippen LogP contribution in [0.5, 0.6) is 0 Å². The number of rotatable bonds is 11. The standard InChI is InChI=1S/C37H51N5O4S2/c1-6-7-25-8-12-27(13-9-25)28-18-20-42(21-19-28)30-23-38-34(39-24-30)29-14-10-26(11-15-29)22-31(35(43)41-48(5,45)46)40-36(44)32-16-17-33(47-32)37(2,3)4/h10-11,14-17,23-25,27-28,31H,6-9,12-13,18-22H2,1-5H3,(H,40,44)(H,41,43)/t25-,27-,31-/m0/s1. The molecule has 0 bridgehead atoms. The zero-order valence-electron chi connectivity index (χ0n) is 29.0. The van der Waals surface area contributed by atoms with E-state index in [2.05, 4.69) is 47.9 Å². The second-order valence-corrected chi connectivity index (χ2v) is 17.6. The molecule has 1 saturated heterocycles. The number of amides is 2. The molecule has 260 valence electrons. The van der Waals surface area contributed by atoms with Crippen LogP contribution >= 0.6 is 11.3 Å². The lowest BCUT2D eigenvalue weighted by atomic mass is 9.72. The molecule has 2 aromatic heterocycles. The summed E-state index contributed by atoms with van der Waals surface area (Å²) in [6.45, 7) is 10.6. The minimum absolute atomic E-state index is 0.112. The molecule has 1 saturated carbocycles. The van der Waals surface area contributed by atoms with Gasteiger partial charge in [-0.15, -0.1) is 11.3 Å². The van der Waals surface area contributed by atoms with Gasteiger partial charge in [0.15, 0.2) is 5.82 Å². The van der Waals surface area contributed by atoms with Gasteiger partial charge in [-0.25, -0.2) is 18.4 Å². The van der Waals surface area contributed by atoms with E-state index in [4.69, 9.17) is 0 Å². The highest BCUT2D eigenvalue weighted by Crippen LogP contribution is 2.39. The minimum atomic E-state index is -3.81. The summed E-state index contributed by atoms with van der Waals surface area (Å²) in [7, 11) is -3.81. The quantitative estimate of drug-likeness (QED) is 0.228. The maximum Gasteiger partial charge on any atom is 0.262 e. The monoisotopic (exact) mass is 693 g/mol. The van der Waals surface area contributed by atoms with Gasteiger partial charge >= 0.3 is 0 Å². The molecule has 9 nitrogen and oxygen atoms in total. The highest BCUT2D eigenvalue weighted by Gasteiger charge is 2.30. The van der Waals surface area contributed by atoms with Gasteiger partial charge in [0, 0.05) is 30.0 Å². The van der Waals surface area contributed by atoms with E-state index >= 15 is 0 Å². The zero-order chi connectivity index (χ0) is 34.5. The molecule has 5 rings (SSSR count). The van der Waals surface area contributed by atoms with Crippen LogP contribution in [0.25, 0.3) is 11.4 Å². The van der Waals surface area contributed by atoms with Crippen LogP contribution in [0, 0.1) is 17.8 Å². The van der Waals surface area contributed by atoms with Crippen molar-refractivity contribution in [3.05, 3.63) is 64.1 Å². The predicted octanol–water partition coefficient (Wildman–Crippen LogP) is 6.74. The Balaban J connectivity index is 1.18. The van der Waals surface area contributed by atoms with Crippen molar-refractivity contribution in [1.29, 1.82) is 0 Å². The van der Waals surface area contributed by atoms with Gasteiger partial charge in [0.2, 0.25) is 10.0 Å². The van der Waals surface area contributed by atoms with E-state index in [0.717, 1.165) is 58.8 Å². The van der Waals surface area contributed by atoms with Crippen LogP contribution in [0.15, 0.2) is 48.8 Å². The number of carbonyl (C=O) groups excluding carboxylic acids is 2. The fourth-order valence-electron chi connectivity index (χ4n) is 7.20. The van der Waals surface area contributed by atoms with E-state index in [0.29, 0.717) is 10.7 Å². The number of benzene rings is 1. The molecule has 1 atom stereocenters. The van der Waals surface area contributed by atoms with E-state index in [-0.39, 0.29) is 11.8 Å². The molecule has 11 heteroatoms. The number of thiophene rings is 1. The third-order valence-electron chi connectivity index (χ3n) is 9.93. The SMILES string of the molecule is CCC[C@H]1CC[C@H](C2CCN(c3cnc(-c4ccc(C[C@H](NC(=O)c5ccc(C(C)(C)C)s5)C(=O)NS(C)(=O)=O)cc4)nc3)CC2)CC1. The first-order valence-electron chi connectivity index (χ1n) is 17.4. The van der Waals surface area contributed by atoms with Gasteiger partial charge in [0.1, 0.15) is 6.04 Å². The smallest absolute Gasteiger partial charge is 0.262 e. The van der Waals surface area contributed by atoms with Crippen molar-refractivity contribution in [2.24, 2.45) is 17.8 Å². The molecule has 0 unspecified atom stereocenters. The van der Waals surface area contributed by atoms with E-state index in [1.807, 2.05) is 47.4 Å². The molecule has 2 N–H and O–H groups in total. The topological polar surface area (TPSA) is 121 Å². The normalized spacial score (nSPS) is 19.9. The second-order valence-electron chi connectivity index (χ2n) is 14.7. The molecule has 1 aromatic carbocycles. The highest BCUT2D eigenvalue weighted by atomic mass is 32.2. The molecule has 1 aliphatic carbocycles. The lowest BCUT2D eigenvalue weighted by Crippen LogP contribution is -2.49. The van der Waals surface area contributed by atoms with Gasteiger partial charge in [0.25, 0.3) is 11.8 Å². The summed E-state index contributed by atoms with van der Waals surface area (Å²) >= 11 is 1.36. The molecule has 2 amide bonds. The summed E-state index contributed by atoms with van der Waals surface area (Å²) in [5.41, 5.74) is 2.52. The zero-order valence-corrected chi connectivity index (χ0v) is 30.6. The van der Waals surface area contributed by atoms with Crippen molar-refractivity contribution in [2.75, 3.05) is 24.2 Å². The highest BCUT2D eigenvalue weighted by molar-refractivity contribution is 7.89. The molecule has 1 aliphatic heterocycles. The average Bonchev–Trinajstić information content (AvgIpc) is 3.57. The third-order valence-corrected chi connectivity index (χ3v) is 12.0. The molecule has 0 spiro atoms. The average molecular weight is 694 g/mol. The maximum atomic E-state index is 13.1. The fourth-order valence-corrected chi connectivity index (χ4v) is 8.67. The van der Waals surface area contributed by atoms with Gasteiger partial charge in [-0.1, -0.05) is 77.6 Å². The van der Waals surface area contributed by atoms with Gasteiger partial charge < -0.3 is 10.2 Å². The van der Waals surface area contributed by atoms with Crippen LogP contribution in [-0.2, 0) is 26.7 Å². The molecule has 48 heavy (non-hydrogen) atoms. The predicted molar refractivity (Wildman–Crippen MR) is 194 cm³/mol. The Bertz CT molecular complexity index is 1630. The molecule has 2 aliphatic rings. The Hall–Kier alpha value is -3.31. The number of sulfonamides is 1. The first-order chi connectivity index (χ1) is 22.8. The number of piperidine rings is 1. The Kier molecular flexibility index (Phi) is 11.6. The summed E-state index contributed by atoms with van der Waals surface area (Å²) in [6, 6.07) is 10.0. The van der Waals surface area contributed by atoms with Crippen molar-refractivity contribution in [3.63, 3.8) is 0 Å². The van der Waals surface area contributed by atoms with Gasteiger partial charge in [0.05, 0.1) is 29.2 Å². The van der Waals surface area contributed by atoms with Crippen LogP contribution in [0.3, 0.4) is 0 Å². The van der Waals surface area contributed by atoms with E-state index in [9.17, 15) is 18.0 Å². The summed E-state index contributed by atoms with van der Waals surface area (Å²) in [4.78, 5) is 39.3. The van der Waals surface area contributed by atoms with Gasteiger partial charge in [-0.05, 0) is 66.5 Å². The van der Waals surface area contributed by atoms with Crippen molar-refractivity contribution >= 4 is 38.9 Å².